The maximum Gasteiger partial charge on any atom is 0.254 e. The first-order chi connectivity index (χ1) is 9.22. The lowest BCUT2D eigenvalue weighted by atomic mass is 10.1. The van der Waals surface area contributed by atoms with Crippen LogP contribution in [0.2, 0.25) is 0 Å². The number of furan rings is 1. The van der Waals surface area contributed by atoms with Gasteiger partial charge in [0, 0.05) is 12.1 Å². The zero-order valence-electron chi connectivity index (χ0n) is 11.4. The van der Waals surface area contributed by atoms with Crippen molar-refractivity contribution in [1.82, 2.24) is 5.32 Å². The van der Waals surface area contributed by atoms with E-state index >= 15 is 0 Å². The summed E-state index contributed by atoms with van der Waals surface area (Å²) >= 11 is 0. The van der Waals surface area contributed by atoms with Crippen molar-refractivity contribution in [1.29, 1.82) is 0 Å². The van der Waals surface area contributed by atoms with Crippen LogP contribution in [0.4, 0.5) is 0 Å². The summed E-state index contributed by atoms with van der Waals surface area (Å²) in [4.78, 5) is 12.0. The molecule has 0 atom stereocenters. The molecule has 0 bridgehead atoms. The summed E-state index contributed by atoms with van der Waals surface area (Å²) in [7, 11) is 0. The minimum Gasteiger partial charge on any atom is -0.461 e. The molecule has 0 aliphatic heterocycles. The second-order valence-corrected chi connectivity index (χ2v) is 4.56. The van der Waals surface area contributed by atoms with Crippen LogP contribution in [0.1, 0.15) is 35.9 Å². The Balaban J connectivity index is 2.15. The van der Waals surface area contributed by atoms with Crippen molar-refractivity contribution in [2.24, 2.45) is 0 Å². The third kappa shape index (κ3) is 3.25. The predicted molar refractivity (Wildman–Crippen MR) is 76.1 cm³/mol. The third-order valence-corrected chi connectivity index (χ3v) is 3.04. The molecule has 1 amide bonds. The average molecular weight is 257 g/mol. The predicted octanol–water partition coefficient (Wildman–Crippen LogP) is 3.78. The highest BCUT2D eigenvalue weighted by Crippen LogP contribution is 2.25. The molecule has 0 saturated heterocycles. The van der Waals surface area contributed by atoms with Crippen LogP contribution in [0.25, 0.3) is 11.3 Å². The number of unbranched alkanes of at least 4 members (excludes halogenated alkanes) is 1. The fourth-order valence-electron chi connectivity index (χ4n) is 1.93. The Morgan fingerprint density at radius 2 is 2.00 bits per heavy atom. The van der Waals surface area contributed by atoms with Crippen LogP contribution < -0.4 is 5.32 Å². The van der Waals surface area contributed by atoms with Crippen LogP contribution in [0.3, 0.4) is 0 Å². The van der Waals surface area contributed by atoms with Crippen molar-refractivity contribution in [2.45, 2.75) is 26.7 Å². The number of benzene rings is 1. The van der Waals surface area contributed by atoms with Gasteiger partial charge in [-0.25, -0.2) is 0 Å². The maximum atomic E-state index is 12.0. The van der Waals surface area contributed by atoms with Gasteiger partial charge in [0.05, 0.1) is 5.56 Å². The van der Waals surface area contributed by atoms with Gasteiger partial charge < -0.3 is 9.73 Å². The summed E-state index contributed by atoms with van der Waals surface area (Å²) in [6.45, 7) is 4.63. The minimum atomic E-state index is -0.0584. The number of hydrogen-bond acceptors (Lipinski definition) is 2. The van der Waals surface area contributed by atoms with E-state index in [-0.39, 0.29) is 5.91 Å². The Kier molecular flexibility index (Phi) is 4.39. The Bertz CT molecular complexity index is 543. The van der Waals surface area contributed by atoms with E-state index < -0.39 is 0 Å². The molecule has 2 rings (SSSR count). The van der Waals surface area contributed by atoms with Gasteiger partial charge in [0.25, 0.3) is 5.91 Å². The van der Waals surface area contributed by atoms with Crippen molar-refractivity contribution >= 4 is 5.91 Å². The van der Waals surface area contributed by atoms with E-state index in [9.17, 15) is 4.79 Å². The highest BCUT2D eigenvalue weighted by Gasteiger charge is 2.15. The molecule has 0 radical (unpaired) electrons. The number of amides is 1. The first kappa shape index (κ1) is 13.4. The lowest BCUT2D eigenvalue weighted by molar-refractivity contribution is 0.0951. The van der Waals surface area contributed by atoms with E-state index in [4.69, 9.17) is 4.42 Å². The Morgan fingerprint density at radius 3 is 2.68 bits per heavy atom. The molecular formula is C16H19NO2. The molecule has 19 heavy (non-hydrogen) atoms. The highest BCUT2D eigenvalue weighted by atomic mass is 16.3. The Labute approximate surface area is 113 Å². The molecule has 3 nitrogen and oxygen atoms in total. The van der Waals surface area contributed by atoms with Crippen molar-refractivity contribution in [3.63, 3.8) is 0 Å². The molecule has 0 aliphatic carbocycles. The summed E-state index contributed by atoms with van der Waals surface area (Å²) in [5, 5.41) is 2.91. The van der Waals surface area contributed by atoms with Crippen LogP contribution in [0.5, 0.6) is 0 Å². The average Bonchev–Trinajstić information content (AvgIpc) is 2.82. The van der Waals surface area contributed by atoms with Gasteiger partial charge in [0.15, 0.2) is 0 Å². The molecule has 100 valence electrons. The fraction of sp³-hybridized carbons (Fsp3) is 0.312. The van der Waals surface area contributed by atoms with E-state index in [0.717, 1.165) is 24.2 Å². The van der Waals surface area contributed by atoms with E-state index in [1.165, 1.54) is 0 Å². The van der Waals surface area contributed by atoms with Crippen molar-refractivity contribution in [3.8, 4) is 11.3 Å². The molecule has 1 aromatic carbocycles. The molecule has 0 saturated carbocycles. The van der Waals surface area contributed by atoms with Crippen LogP contribution in [0, 0.1) is 6.92 Å². The summed E-state index contributed by atoms with van der Waals surface area (Å²) in [6, 6.07) is 11.6. The lowest BCUT2D eigenvalue weighted by Crippen LogP contribution is -2.24. The Morgan fingerprint density at radius 1 is 1.26 bits per heavy atom. The number of rotatable bonds is 5. The molecule has 0 aliphatic rings. The molecule has 0 spiro atoms. The van der Waals surface area contributed by atoms with Crippen molar-refractivity contribution < 1.29 is 9.21 Å². The van der Waals surface area contributed by atoms with E-state index in [1.54, 1.807) is 0 Å². The number of nitrogens with one attached hydrogen (secondary N) is 1. The SMILES string of the molecule is CCCCNC(=O)c1cc(-c2ccccc2)oc1C. The molecule has 0 fully saturated rings. The fourth-order valence-corrected chi connectivity index (χ4v) is 1.93. The monoisotopic (exact) mass is 257 g/mol. The van der Waals surface area contributed by atoms with Gasteiger partial charge in [-0.3, -0.25) is 4.79 Å². The first-order valence-corrected chi connectivity index (χ1v) is 6.66. The summed E-state index contributed by atoms with van der Waals surface area (Å²) < 4.78 is 5.67. The molecule has 1 N–H and O–H groups in total. The van der Waals surface area contributed by atoms with Gasteiger partial charge in [0.1, 0.15) is 11.5 Å². The number of hydrogen-bond donors (Lipinski definition) is 1. The van der Waals surface area contributed by atoms with Crippen LogP contribution in [-0.4, -0.2) is 12.5 Å². The first-order valence-electron chi connectivity index (χ1n) is 6.66. The van der Waals surface area contributed by atoms with Gasteiger partial charge in [0.2, 0.25) is 0 Å². The lowest BCUT2D eigenvalue weighted by Gasteiger charge is -2.01. The van der Waals surface area contributed by atoms with Gasteiger partial charge in [-0.15, -0.1) is 0 Å². The summed E-state index contributed by atoms with van der Waals surface area (Å²) in [5.74, 6) is 1.34. The highest BCUT2D eigenvalue weighted by molar-refractivity contribution is 5.96. The zero-order chi connectivity index (χ0) is 13.7. The number of carbonyl (C=O) groups is 1. The van der Waals surface area contributed by atoms with E-state index in [0.29, 0.717) is 17.9 Å². The molecular weight excluding hydrogens is 238 g/mol. The van der Waals surface area contributed by atoms with Crippen molar-refractivity contribution in [3.05, 3.63) is 47.7 Å². The molecule has 2 aromatic rings. The van der Waals surface area contributed by atoms with E-state index in [1.807, 2.05) is 43.3 Å². The smallest absolute Gasteiger partial charge is 0.254 e. The minimum absolute atomic E-state index is 0.0584. The summed E-state index contributed by atoms with van der Waals surface area (Å²) in [6.07, 6.45) is 2.06. The summed E-state index contributed by atoms with van der Waals surface area (Å²) in [5.41, 5.74) is 1.60. The van der Waals surface area contributed by atoms with Crippen LogP contribution >= 0.6 is 0 Å². The van der Waals surface area contributed by atoms with Gasteiger partial charge in [-0.05, 0) is 19.4 Å². The normalized spacial score (nSPS) is 10.4. The third-order valence-electron chi connectivity index (χ3n) is 3.04. The quantitative estimate of drug-likeness (QED) is 0.828. The van der Waals surface area contributed by atoms with E-state index in [2.05, 4.69) is 12.2 Å². The largest absolute Gasteiger partial charge is 0.461 e. The van der Waals surface area contributed by atoms with Crippen molar-refractivity contribution in [2.75, 3.05) is 6.54 Å². The molecule has 1 heterocycles. The van der Waals surface area contributed by atoms with Crippen LogP contribution in [0.15, 0.2) is 40.8 Å². The van der Waals surface area contributed by atoms with Gasteiger partial charge in [-0.1, -0.05) is 43.7 Å². The standard InChI is InChI=1S/C16H19NO2/c1-3-4-10-17-16(18)14-11-15(19-12(14)2)13-8-6-5-7-9-13/h5-9,11H,3-4,10H2,1-2H3,(H,17,18). The topological polar surface area (TPSA) is 42.2 Å². The maximum absolute atomic E-state index is 12.0. The molecule has 3 heteroatoms. The number of carbonyl (C=O) groups excluding carboxylic acids is 1. The van der Waals surface area contributed by atoms with Crippen LogP contribution in [-0.2, 0) is 0 Å². The second-order valence-electron chi connectivity index (χ2n) is 4.56. The molecule has 0 unspecified atom stereocenters. The van der Waals surface area contributed by atoms with Gasteiger partial charge in [-0.2, -0.15) is 0 Å². The molecule has 1 aromatic heterocycles. The number of aryl methyl sites for hydroxylation is 1. The second kappa shape index (κ2) is 6.23. The zero-order valence-corrected chi connectivity index (χ0v) is 11.4. The van der Waals surface area contributed by atoms with Gasteiger partial charge >= 0.3 is 0 Å². The Hall–Kier alpha value is -2.03.